The van der Waals surface area contributed by atoms with E-state index in [1.54, 1.807) is 24.1 Å². The zero-order valence-electron chi connectivity index (χ0n) is 12.8. The number of nitrogens with zero attached hydrogens (tertiary/aromatic N) is 2. The topological polar surface area (TPSA) is 60.9 Å². The number of aryl methyl sites for hydroxylation is 1. The fourth-order valence-corrected chi connectivity index (χ4v) is 2.63. The second-order valence-electron chi connectivity index (χ2n) is 4.87. The Bertz CT molecular complexity index is 542. The SMILES string of the molecule is CCN(CC)C(=O)CN(C)C(=O)c1cc(C)cc(Br)c1O. The van der Waals surface area contributed by atoms with Crippen LogP contribution in [-0.2, 0) is 4.79 Å². The van der Waals surface area contributed by atoms with Crippen molar-refractivity contribution >= 4 is 27.7 Å². The highest BCUT2D eigenvalue weighted by atomic mass is 79.9. The van der Waals surface area contributed by atoms with Crippen LogP contribution in [0, 0.1) is 6.92 Å². The summed E-state index contributed by atoms with van der Waals surface area (Å²) in [6.07, 6.45) is 0. The zero-order chi connectivity index (χ0) is 16.2. The molecule has 0 saturated carbocycles. The Balaban J connectivity index is 2.91. The van der Waals surface area contributed by atoms with Gasteiger partial charge in [-0.15, -0.1) is 0 Å². The molecule has 0 atom stereocenters. The Morgan fingerprint density at radius 3 is 2.33 bits per heavy atom. The van der Waals surface area contributed by atoms with E-state index in [1.807, 2.05) is 20.8 Å². The molecule has 5 nitrogen and oxygen atoms in total. The third kappa shape index (κ3) is 4.20. The standard InChI is InChI=1S/C15H21BrN2O3/c1-5-18(6-2)13(19)9-17(4)15(21)11-7-10(3)8-12(16)14(11)20/h7-8,20H,5-6,9H2,1-4H3. The number of likely N-dealkylation sites (N-methyl/N-ethyl adjacent to an activating group) is 2. The van der Waals surface area contributed by atoms with E-state index in [1.165, 1.54) is 4.90 Å². The first kappa shape index (κ1) is 17.5. The number of phenolic OH excluding ortho intramolecular Hbond substituents is 1. The van der Waals surface area contributed by atoms with Crippen molar-refractivity contribution < 1.29 is 14.7 Å². The summed E-state index contributed by atoms with van der Waals surface area (Å²) in [6.45, 7) is 6.84. The number of hydrogen-bond acceptors (Lipinski definition) is 3. The van der Waals surface area contributed by atoms with Crippen molar-refractivity contribution in [3.63, 3.8) is 0 Å². The van der Waals surface area contributed by atoms with Gasteiger partial charge in [0.2, 0.25) is 5.91 Å². The molecule has 0 bridgehead atoms. The van der Waals surface area contributed by atoms with Gasteiger partial charge in [-0.05, 0) is 54.4 Å². The second-order valence-corrected chi connectivity index (χ2v) is 5.72. The summed E-state index contributed by atoms with van der Waals surface area (Å²) < 4.78 is 0.467. The molecule has 21 heavy (non-hydrogen) atoms. The van der Waals surface area contributed by atoms with Gasteiger partial charge in [0.15, 0.2) is 0 Å². The summed E-state index contributed by atoms with van der Waals surface area (Å²) in [6, 6.07) is 3.34. The summed E-state index contributed by atoms with van der Waals surface area (Å²) in [4.78, 5) is 27.4. The Hall–Kier alpha value is -1.56. The van der Waals surface area contributed by atoms with Gasteiger partial charge in [0.25, 0.3) is 5.91 Å². The number of halogens is 1. The van der Waals surface area contributed by atoms with E-state index in [0.29, 0.717) is 17.6 Å². The Labute approximate surface area is 133 Å². The maximum absolute atomic E-state index is 12.4. The molecule has 0 fully saturated rings. The highest BCUT2D eigenvalue weighted by Gasteiger charge is 2.21. The van der Waals surface area contributed by atoms with Crippen LogP contribution < -0.4 is 0 Å². The number of carbonyl (C=O) groups excluding carboxylic acids is 2. The van der Waals surface area contributed by atoms with Crippen molar-refractivity contribution in [2.75, 3.05) is 26.7 Å². The van der Waals surface area contributed by atoms with Crippen LogP contribution in [0.1, 0.15) is 29.8 Å². The van der Waals surface area contributed by atoms with E-state index in [9.17, 15) is 14.7 Å². The van der Waals surface area contributed by atoms with Gasteiger partial charge in [-0.2, -0.15) is 0 Å². The van der Waals surface area contributed by atoms with Gasteiger partial charge in [-0.3, -0.25) is 9.59 Å². The molecule has 6 heteroatoms. The van der Waals surface area contributed by atoms with Crippen molar-refractivity contribution in [1.82, 2.24) is 9.80 Å². The summed E-state index contributed by atoms with van der Waals surface area (Å²) in [5.74, 6) is -0.591. The van der Waals surface area contributed by atoms with Crippen LogP contribution in [0.5, 0.6) is 5.75 Å². The first-order valence-electron chi connectivity index (χ1n) is 6.84. The molecule has 0 aromatic heterocycles. The van der Waals surface area contributed by atoms with Crippen LogP contribution >= 0.6 is 15.9 Å². The summed E-state index contributed by atoms with van der Waals surface area (Å²) in [7, 11) is 1.55. The molecule has 0 radical (unpaired) electrons. The van der Waals surface area contributed by atoms with E-state index in [2.05, 4.69) is 15.9 Å². The predicted octanol–water partition coefficient (Wildman–Crippen LogP) is 2.40. The minimum atomic E-state index is -0.377. The lowest BCUT2D eigenvalue weighted by Crippen LogP contribution is -2.41. The number of aromatic hydroxyl groups is 1. The lowest BCUT2D eigenvalue weighted by atomic mass is 10.1. The Morgan fingerprint density at radius 1 is 1.24 bits per heavy atom. The third-order valence-corrected chi connectivity index (χ3v) is 3.88. The molecular weight excluding hydrogens is 336 g/mol. The van der Waals surface area contributed by atoms with Crippen LogP contribution in [0.4, 0.5) is 0 Å². The average molecular weight is 357 g/mol. The van der Waals surface area contributed by atoms with Crippen LogP contribution in [0.15, 0.2) is 16.6 Å². The molecule has 1 rings (SSSR count). The normalized spacial score (nSPS) is 10.3. The molecule has 2 amide bonds. The zero-order valence-corrected chi connectivity index (χ0v) is 14.4. The van der Waals surface area contributed by atoms with Crippen molar-refractivity contribution in [3.05, 3.63) is 27.7 Å². The molecule has 0 aliphatic rings. The van der Waals surface area contributed by atoms with Crippen LogP contribution in [-0.4, -0.2) is 53.4 Å². The minimum absolute atomic E-state index is 0.00842. The maximum atomic E-state index is 12.4. The van der Waals surface area contributed by atoms with Gasteiger partial charge in [-0.25, -0.2) is 0 Å². The second kappa shape index (κ2) is 7.45. The van der Waals surface area contributed by atoms with Crippen molar-refractivity contribution in [2.45, 2.75) is 20.8 Å². The molecule has 1 aromatic carbocycles. The van der Waals surface area contributed by atoms with Crippen LogP contribution in [0.2, 0.25) is 0 Å². The number of amides is 2. The third-order valence-electron chi connectivity index (χ3n) is 3.27. The quantitative estimate of drug-likeness (QED) is 0.880. The van der Waals surface area contributed by atoms with Gasteiger partial charge in [-0.1, -0.05) is 0 Å². The van der Waals surface area contributed by atoms with Crippen LogP contribution in [0.25, 0.3) is 0 Å². The van der Waals surface area contributed by atoms with Crippen LogP contribution in [0.3, 0.4) is 0 Å². The van der Waals surface area contributed by atoms with Crippen molar-refractivity contribution in [2.24, 2.45) is 0 Å². The summed E-state index contributed by atoms with van der Waals surface area (Å²) >= 11 is 3.21. The fraction of sp³-hybridized carbons (Fsp3) is 0.467. The van der Waals surface area contributed by atoms with Gasteiger partial charge in [0.1, 0.15) is 5.75 Å². The Kier molecular flexibility index (Phi) is 6.20. The maximum Gasteiger partial charge on any atom is 0.257 e. The fourth-order valence-electron chi connectivity index (χ4n) is 2.05. The van der Waals surface area contributed by atoms with E-state index in [-0.39, 0.29) is 29.7 Å². The number of phenols is 1. The number of benzene rings is 1. The monoisotopic (exact) mass is 356 g/mol. The van der Waals surface area contributed by atoms with E-state index < -0.39 is 0 Å². The van der Waals surface area contributed by atoms with Gasteiger partial charge in [0.05, 0.1) is 16.6 Å². The smallest absolute Gasteiger partial charge is 0.257 e. The first-order valence-corrected chi connectivity index (χ1v) is 7.63. The van der Waals surface area contributed by atoms with E-state index in [0.717, 1.165) is 5.56 Å². The summed E-state index contributed by atoms with van der Waals surface area (Å²) in [5.41, 5.74) is 1.04. The number of rotatable bonds is 5. The first-order chi connectivity index (χ1) is 9.81. The number of hydrogen-bond donors (Lipinski definition) is 1. The van der Waals surface area contributed by atoms with Crippen molar-refractivity contribution in [1.29, 1.82) is 0 Å². The molecule has 0 aliphatic heterocycles. The van der Waals surface area contributed by atoms with E-state index >= 15 is 0 Å². The molecule has 0 saturated heterocycles. The molecule has 0 spiro atoms. The molecule has 1 aromatic rings. The summed E-state index contributed by atoms with van der Waals surface area (Å²) in [5, 5.41) is 9.99. The lowest BCUT2D eigenvalue weighted by Gasteiger charge is -2.23. The molecule has 0 unspecified atom stereocenters. The molecule has 0 heterocycles. The minimum Gasteiger partial charge on any atom is -0.506 e. The largest absolute Gasteiger partial charge is 0.506 e. The lowest BCUT2D eigenvalue weighted by molar-refractivity contribution is -0.131. The van der Waals surface area contributed by atoms with E-state index in [4.69, 9.17) is 0 Å². The molecule has 0 aliphatic carbocycles. The highest BCUT2D eigenvalue weighted by molar-refractivity contribution is 9.10. The molecule has 1 N–H and O–H groups in total. The highest BCUT2D eigenvalue weighted by Crippen LogP contribution is 2.30. The predicted molar refractivity (Wildman–Crippen MR) is 85.4 cm³/mol. The molecule has 116 valence electrons. The average Bonchev–Trinajstić information content (AvgIpc) is 2.43. The molecular formula is C15H21BrN2O3. The van der Waals surface area contributed by atoms with Gasteiger partial charge >= 0.3 is 0 Å². The Morgan fingerprint density at radius 2 is 1.81 bits per heavy atom. The van der Waals surface area contributed by atoms with Gasteiger partial charge in [0, 0.05) is 20.1 Å². The van der Waals surface area contributed by atoms with Gasteiger partial charge < -0.3 is 14.9 Å². The van der Waals surface area contributed by atoms with Crippen molar-refractivity contribution in [3.8, 4) is 5.75 Å². The number of carbonyl (C=O) groups is 2.